The second kappa shape index (κ2) is 5.72. The van der Waals surface area contributed by atoms with Crippen LogP contribution in [0.3, 0.4) is 0 Å². The lowest BCUT2D eigenvalue weighted by molar-refractivity contribution is -0.0362. The summed E-state index contributed by atoms with van der Waals surface area (Å²) in [5.41, 5.74) is 0.948. The molecule has 0 aliphatic carbocycles. The predicted molar refractivity (Wildman–Crippen MR) is 89.5 cm³/mol. The van der Waals surface area contributed by atoms with Crippen molar-refractivity contribution in [1.29, 1.82) is 0 Å². The minimum Gasteiger partial charge on any atom is -0.373 e. The predicted octanol–water partition coefficient (Wildman–Crippen LogP) is 1.17. The summed E-state index contributed by atoms with van der Waals surface area (Å²) in [5.74, 6) is 0. The van der Waals surface area contributed by atoms with Crippen LogP contribution in [-0.2, 0) is 14.6 Å². The van der Waals surface area contributed by atoms with Crippen LogP contribution in [0, 0.1) is 0 Å². The highest BCUT2D eigenvalue weighted by Crippen LogP contribution is 2.28. The van der Waals surface area contributed by atoms with Gasteiger partial charge in [-0.25, -0.2) is 13.4 Å². The zero-order valence-electron chi connectivity index (χ0n) is 14.2. The van der Waals surface area contributed by atoms with E-state index in [-0.39, 0.29) is 11.1 Å². The van der Waals surface area contributed by atoms with E-state index in [1.807, 2.05) is 6.07 Å². The quantitative estimate of drug-likeness (QED) is 0.806. The van der Waals surface area contributed by atoms with Crippen molar-refractivity contribution in [3.05, 3.63) is 18.3 Å². The number of nitrogens with zero attached hydrogens (tertiary/aromatic N) is 3. The number of likely N-dealkylation sites (N-methyl/N-ethyl adjacent to an activating group) is 1. The molecule has 6 nitrogen and oxygen atoms in total. The Hall–Kier alpha value is -1.18. The van der Waals surface area contributed by atoms with Crippen LogP contribution in [0.1, 0.15) is 20.8 Å². The first-order valence-corrected chi connectivity index (χ1v) is 9.46. The van der Waals surface area contributed by atoms with Gasteiger partial charge in [-0.15, -0.1) is 0 Å². The molecule has 0 N–H and O–H groups in total. The highest BCUT2D eigenvalue weighted by atomic mass is 32.2. The summed E-state index contributed by atoms with van der Waals surface area (Å²) in [5, 5.41) is 0.138. The van der Waals surface area contributed by atoms with Gasteiger partial charge in [-0.3, -0.25) is 4.90 Å². The van der Waals surface area contributed by atoms with Crippen LogP contribution < -0.4 is 4.90 Å². The van der Waals surface area contributed by atoms with Gasteiger partial charge >= 0.3 is 0 Å². The number of morpholine rings is 1. The van der Waals surface area contributed by atoms with Crippen molar-refractivity contribution in [3.8, 4) is 0 Å². The van der Waals surface area contributed by atoms with E-state index in [2.05, 4.69) is 21.8 Å². The Morgan fingerprint density at radius 2 is 2.00 bits per heavy atom. The smallest absolute Gasteiger partial charge is 0.200 e. The third kappa shape index (κ3) is 2.97. The Bertz CT molecular complexity index is 667. The van der Waals surface area contributed by atoms with Gasteiger partial charge in [0.1, 0.15) is 0 Å². The van der Waals surface area contributed by atoms with Gasteiger partial charge in [-0.2, -0.15) is 0 Å². The van der Waals surface area contributed by atoms with Crippen molar-refractivity contribution < 1.29 is 13.2 Å². The molecular formula is C16H25N3O3S. The summed E-state index contributed by atoms with van der Waals surface area (Å²) in [7, 11) is -1.28. The molecule has 2 aliphatic heterocycles. The summed E-state index contributed by atoms with van der Waals surface area (Å²) < 4.78 is 29.9. The molecule has 1 aromatic heterocycles. The zero-order valence-corrected chi connectivity index (χ0v) is 15.0. The van der Waals surface area contributed by atoms with Gasteiger partial charge in [0.15, 0.2) is 14.9 Å². The molecule has 2 atom stereocenters. The Labute approximate surface area is 138 Å². The summed E-state index contributed by atoms with van der Waals surface area (Å²) >= 11 is 0. The molecule has 2 saturated heterocycles. The first-order chi connectivity index (χ1) is 10.7. The van der Waals surface area contributed by atoms with Crippen LogP contribution in [0.2, 0.25) is 0 Å². The third-order valence-corrected chi connectivity index (χ3v) is 7.15. The second-order valence-electron chi connectivity index (χ2n) is 7.33. The van der Waals surface area contributed by atoms with Crippen LogP contribution in [-0.4, -0.2) is 68.5 Å². The molecular weight excluding hydrogens is 314 g/mol. The highest BCUT2D eigenvalue weighted by Gasteiger charge is 2.39. The summed E-state index contributed by atoms with van der Waals surface area (Å²) in [6.45, 7) is 8.50. The molecule has 1 aromatic rings. The number of aromatic nitrogens is 1. The van der Waals surface area contributed by atoms with E-state index in [4.69, 9.17) is 4.74 Å². The van der Waals surface area contributed by atoms with Crippen molar-refractivity contribution in [1.82, 2.24) is 9.88 Å². The van der Waals surface area contributed by atoms with E-state index in [1.165, 1.54) is 0 Å². The fourth-order valence-corrected chi connectivity index (χ4v) is 4.17. The zero-order chi connectivity index (χ0) is 16.8. The number of pyridine rings is 1. The van der Waals surface area contributed by atoms with Crippen LogP contribution in [0.25, 0.3) is 0 Å². The van der Waals surface area contributed by atoms with Crippen LogP contribution >= 0.6 is 0 Å². The maximum atomic E-state index is 12.4. The first kappa shape index (κ1) is 16.7. The van der Waals surface area contributed by atoms with E-state index in [0.29, 0.717) is 6.04 Å². The topological polar surface area (TPSA) is 62.7 Å². The number of hydrogen-bond donors (Lipinski definition) is 0. The van der Waals surface area contributed by atoms with Gasteiger partial charge < -0.3 is 9.64 Å². The Balaban J connectivity index is 1.79. The van der Waals surface area contributed by atoms with Gasteiger partial charge in [0.2, 0.25) is 0 Å². The molecule has 3 rings (SSSR count). The van der Waals surface area contributed by atoms with Gasteiger partial charge in [-0.1, -0.05) is 0 Å². The lowest BCUT2D eigenvalue weighted by Gasteiger charge is -2.33. The largest absolute Gasteiger partial charge is 0.373 e. The van der Waals surface area contributed by atoms with Crippen molar-refractivity contribution in [2.45, 2.75) is 42.7 Å². The SMILES string of the molecule is CN1CCOC2CN(c3ccc(S(=O)(=O)C(C)(C)C)nc3)CC21. The van der Waals surface area contributed by atoms with E-state index in [1.54, 1.807) is 33.0 Å². The van der Waals surface area contributed by atoms with Gasteiger partial charge in [0.25, 0.3) is 0 Å². The summed E-state index contributed by atoms with van der Waals surface area (Å²) in [4.78, 5) is 8.77. The number of anilines is 1. The number of sulfone groups is 1. The molecule has 3 heterocycles. The van der Waals surface area contributed by atoms with Crippen molar-refractivity contribution in [2.24, 2.45) is 0 Å². The molecule has 0 bridgehead atoms. The maximum absolute atomic E-state index is 12.4. The van der Waals surface area contributed by atoms with Crippen molar-refractivity contribution >= 4 is 15.5 Å². The van der Waals surface area contributed by atoms with Gasteiger partial charge in [0, 0.05) is 19.6 Å². The number of fused-ring (bicyclic) bond motifs is 1. The van der Waals surface area contributed by atoms with Crippen LogP contribution in [0.15, 0.2) is 23.4 Å². The average molecular weight is 339 g/mol. The fourth-order valence-electron chi connectivity index (χ4n) is 3.10. The highest BCUT2D eigenvalue weighted by molar-refractivity contribution is 7.92. The maximum Gasteiger partial charge on any atom is 0.200 e. The minimum atomic E-state index is -3.41. The van der Waals surface area contributed by atoms with E-state index in [9.17, 15) is 8.42 Å². The van der Waals surface area contributed by atoms with E-state index in [0.717, 1.165) is 31.9 Å². The molecule has 2 unspecified atom stereocenters. The third-order valence-electron chi connectivity index (χ3n) is 4.75. The molecule has 2 fully saturated rings. The molecule has 0 spiro atoms. The standard InChI is InChI=1S/C16H25N3O3S/c1-16(2,3)23(20,21)15-6-5-12(9-17-15)19-10-13-14(11-19)22-8-7-18(13)4/h5-6,9,13-14H,7-8,10-11H2,1-4H3. The monoisotopic (exact) mass is 339 g/mol. The normalized spacial score (nSPS) is 26.3. The lowest BCUT2D eigenvalue weighted by atomic mass is 10.1. The van der Waals surface area contributed by atoms with E-state index >= 15 is 0 Å². The molecule has 23 heavy (non-hydrogen) atoms. The first-order valence-electron chi connectivity index (χ1n) is 7.97. The molecule has 128 valence electrons. The Kier molecular flexibility index (Phi) is 4.14. The lowest BCUT2D eigenvalue weighted by Crippen LogP contribution is -2.48. The average Bonchev–Trinajstić information content (AvgIpc) is 2.92. The van der Waals surface area contributed by atoms with Gasteiger partial charge in [-0.05, 0) is 40.0 Å². The Morgan fingerprint density at radius 3 is 2.57 bits per heavy atom. The molecule has 0 radical (unpaired) electrons. The Morgan fingerprint density at radius 1 is 1.26 bits per heavy atom. The van der Waals surface area contributed by atoms with Gasteiger partial charge in [0.05, 0.1) is 35.4 Å². The summed E-state index contributed by atoms with van der Waals surface area (Å²) in [6, 6.07) is 3.85. The minimum absolute atomic E-state index is 0.138. The molecule has 2 aliphatic rings. The van der Waals surface area contributed by atoms with E-state index < -0.39 is 14.6 Å². The van der Waals surface area contributed by atoms with Crippen LogP contribution in [0.5, 0.6) is 0 Å². The fraction of sp³-hybridized carbons (Fsp3) is 0.688. The molecule has 7 heteroatoms. The second-order valence-corrected chi connectivity index (χ2v) is 9.98. The molecule has 0 aromatic carbocycles. The molecule has 0 saturated carbocycles. The van der Waals surface area contributed by atoms with Crippen LogP contribution in [0.4, 0.5) is 5.69 Å². The van der Waals surface area contributed by atoms with Crippen molar-refractivity contribution in [3.63, 3.8) is 0 Å². The molecule has 0 amide bonds. The number of rotatable bonds is 2. The van der Waals surface area contributed by atoms with Crippen molar-refractivity contribution in [2.75, 3.05) is 38.2 Å². The number of ether oxygens (including phenoxy) is 1. The summed E-state index contributed by atoms with van der Waals surface area (Å²) in [6.07, 6.45) is 1.88. The number of hydrogen-bond acceptors (Lipinski definition) is 6.